The lowest BCUT2D eigenvalue weighted by atomic mass is 10.1. The fraction of sp³-hybridized carbons (Fsp3) is 0.250. The lowest BCUT2D eigenvalue weighted by Crippen LogP contribution is -2.41. The Hall–Kier alpha value is -2.56. The van der Waals surface area contributed by atoms with Crippen molar-refractivity contribution in [2.24, 2.45) is 7.05 Å². The third-order valence-corrected chi connectivity index (χ3v) is 3.34. The van der Waals surface area contributed by atoms with Crippen LogP contribution in [0.1, 0.15) is 22.5 Å². The van der Waals surface area contributed by atoms with E-state index in [2.05, 4.69) is 5.32 Å². The maximum atomic E-state index is 12.1. The Balaban J connectivity index is 1.98. The van der Waals surface area contributed by atoms with Gasteiger partial charge in [-0.1, -0.05) is 30.3 Å². The number of benzene rings is 1. The average molecular weight is 286 g/mol. The SMILES string of the molecule is Cn1cccc1C(=O)N[C@@H](CCc1ccccc1)C(=O)O. The third kappa shape index (κ3) is 3.95. The van der Waals surface area contributed by atoms with Gasteiger partial charge in [0.15, 0.2) is 0 Å². The van der Waals surface area contributed by atoms with Crippen LogP contribution in [0.4, 0.5) is 0 Å². The van der Waals surface area contributed by atoms with Crippen molar-refractivity contribution in [3.8, 4) is 0 Å². The summed E-state index contributed by atoms with van der Waals surface area (Å²) in [6, 6.07) is 12.1. The van der Waals surface area contributed by atoms with Gasteiger partial charge in [-0.3, -0.25) is 4.79 Å². The number of hydrogen-bond donors (Lipinski definition) is 2. The maximum absolute atomic E-state index is 12.1. The summed E-state index contributed by atoms with van der Waals surface area (Å²) in [7, 11) is 1.74. The van der Waals surface area contributed by atoms with Crippen molar-refractivity contribution in [2.75, 3.05) is 0 Å². The number of nitrogens with one attached hydrogen (secondary N) is 1. The number of aryl methyl sites for hydroxylation is 2. The Morgan fingerprint density at radius 1 is 1.19 bits per heavy atom. The molecule has 0 aliphatic rings. The molecule has 0 saturated carbocycles. The standard InChI is InChI=1S/C16H18N2O3/c1-18-11-5-8-14(18)15(19)17-13(16(20)21)10-9-12-6-3-2-4-7-12/h2-8,11,13H,9-10H2,1H3,(H,17,19)(H,20,21)/t13-/m0/s1. The molecule has 0 radical (unpaired) electrons. The largest absolute Gasteiger partial charge is 0.480 e. The normalized spacial score (nSPS) is 11.9. The Morgan fingerprint density at radius 2 is 1.90 bits per heavy atom. The molecular formula is C16H18N2O3. The maximum Gasteiger partial charge on any atom is 0.326 e. The Labute approximate surface area is 123 Å². The Bertz CT molecular complexity index is 619. The summed E-state index contributed by atoms with van der Waals surface area (Å²) in [6.07, 6.45) is 2.70. The lowest BCUT2D eigenvalue weighted by molar-refractivity contribution is -0.139. The molecule has 21 heavy (non-hydrogen) atoms. The van der Waals surface area contributed by atoms with Crippen LogP contribution in [-0.2, 0) is 18.3 Å². The van der Waals surface area contributed by atoms with E-state index in [0.717, 1.165) is 5.56 Å². The molecule has 0 spiro atoms. The van der Waals surface area contributed by atoms with Crippen LogP contribution >= 0.6 is 0 Å². The first-order chi connectivity index (χ1) is 10.1. The molecule has 110 valence electrons. The van der Waals surface area contributed by atoms with E-state index >= 15 is 0 Å². The van der Waals surface area contributed by atoms with Gasteiger partial charge in [0.25, 0.3) is 5.91 Å². The van der Waals surface area contributed by atoms with E-state index in [1.165, 1.54) is 0 Å². The van der Waals surface area contributed by atoms with Crippen LogP contribution in [0.5, 0.6) is 0 Å². The zero-order valence-electron chi connectivity index (χ0n) is 11.8. The fourth-order valence-electron chi connectivity index (χ4n) is 2.14. The molecule has 0 unspecified atom stereocenters. The summed E-state index contributed by atoms with van der Waals surface area (Å²) in [5.41, 5.74) is 1.50. The molecule has 1 amide bonds. The molecule has 0 fully saturated rings. The van der Waals surface area contributed by atoms with Crippen LogP contribution in [0.2, 0.25) is 0 Å². The number of carbonyl (C=O) groups is 2. The van der Waals surface area contributed by atoms with Gasteiger partial charge < -0.3 is 15.0 Å². The van der Waals surface area contributed by atoms with E-state index in [4.69, 9.17) is 0 Å². The van der Waals surface area contributed by atoms with Crippen LogP contribution in [0.3, 0.4) is 0 Å². The highest BCUT2D eigenvalue weighted by Gasteiger charge is 2.21. The number of rotatable bonds is 6. The fourth-order valence-corrected chi connectivity index (χ4v) is 2.14. The third-order valence-electron chi connectivity index (χ3n) is 3.34. The smallest absolute Gasteiger partial charge is 0.326 e. The van der Waals surface area contributed by atoms with Gasteiger partial charge in [-0.25, -0.2) is 4.79 Å². The number of hydrogen-bond acceptors (Lipinski definition) is 2. The van der Waals surface area contributed by atoms with Crippen molar-refractivity contribution < 1.29 is 14.7 Å². The summed E-state index contributed by atoms with van der Waals surface area (Å²) in [4.78, 5) is 23.3. The monoisotopic (exact) mass is 286 g/mol. The summed E-state index contributed by atoms with van der Waals surface area (Å²) >= 11 is 0. The lowest BCUT2D eigenvalue weighted by Gasteiger charge is -2.14. The van der Waals surface area contributed by atoms with Gasteiger partial charge in [-0.15, -0.1) is 0 Å². The molecule has 0 aliphatic carbocycles. The number of nitrogens with zero attached hydrogens (tertiary/aromatic N) is 1. The summed E-state index contributed by atoms with van der Waals surface area (Å²) in [5.74, 6) is -1.39. The molecule has 5 nitrogen and oxygen atoms in total. The second-order valence-electron chi connectivity index (χ2n) is 4.89. The quantitative estimate of drug-likeness (QED) is 0.851. The second kappa shape index (κ2) is 6.74. The number of aliphatic carboxylic acids is 1. The van der Waals surface area contributed by atoms with Gasteiger partial charge in [-0.05, 0) is 30.5 Å². The minimum atomic E-state index is -1.02. The minimum absolute atomic E-state index is 0.357. The van der Waals surface area contributed by atoms with Gasteiger partial charge in [0.05, 0.1) is 0 Å². The van der Waals surface area contributed by atoms with Crippen LogP contribution in [-0.4, -0.2) is 27.6 Å². The molecule has 1 aromatic heterocycles. The number of aromatic nitrogens is 1. The van der Waals surface area contributed by atoms with E-state index in [9.17, 15) is 14.7 Å². The predicted molar refractivity (Wildman–Crippen MR) is 79.1 cm³/mol. The first kappa shape index (κ1) is 14.8. The van der Waals surface area contributed by atoms with E-state index in [-0.39, 0.29) is 5.91 Å². The molecule has 1 heterocycles. The molecular weight excluding hydrogens is 268 g/mol. The van der Waals surface area contributed by atoms with Crippen LogP contribution in [0.15, 0.2) is 48.7 Å². The van der Waals surface area contributed by atoms with Crippen molar-refractivity contribution in [2.45, 2.75) is 18.9 Å². The van der Waals surface area contributed by atoms with Crippen molar-refractivity contribution in [1.29, 1.82) is 0 Å². The highest BCUT2D eigenvalue weighted by Crippen LogP contribution is 2.07. The predicted octanol–water partition coefficient (Wildman–Crippen LogP) is 1.84. The van der Waals surface area contributed by atoms with Gasteiger partial charge in [0.2, 0.25) is 0 Å². The topological polar surface area (TPSA) is 71.3 Å². The minimum Gasteiger partial charge on any atom is -0.480 e. The number of carboxylic acids is 1. The van der Waals surface area contributed by atoms with Crippen molar-refractivity contribution in [1.82, 2.24) is 9.88 Å². The molecule has 1 aromatic carbocycles. The van der Waals surface area contributed by atoms with Crippen molar-refractivity contribution in [3.63, 3.8) is 0 Å². The highest BCUT2D eigenvalue weighted by atomic mass is 16.4. The highest BCUT2D eigenvalue weighted by molar-refractivity contribution is 5.95. The summed E-state index contributed by atoms with van der Waals surface area (Å²) < 4.78 is 1.66. The first-order valence-electron chi connectivity index (χ1n) is 6.77. The van der Waals surface area contributed by atoms with E-state index in [1.807, 2.05) is 30.3 Å². The van der Waals surface area contributed by atoms with Crippen LogP contribution < -0.4 is 5.32 Å². The number of carbonyl (C=O) groups excluding carboxylic acids is 1. The van der Waals surface area contributed by atoms with E-state index in [0.29, 0.717) is 18.5 Å². The first-order valence-corrected chi connectivity index (χ1v) is 6.77. The molecule has 5 heteroatoms. The zero-order valence-corrected chi connectivity index (χ0v) is 11.8. The van der Waals surface area contributed by atoms with Gasteiger partial charge in [0.1, 0.15) is 11.7 Å². The number of amides is 1. The summed E-state index contributed by atoms with van der Waals surface area (Å²) in [5, 5.41) is 11.8. The van der Waals surface area contributed by atoms with E-state index in [1.54, 1.807) is 29.9 Å². The van der Waals surface area contributed by atoms with Gasteiger partial charge >= 0.3 is 5.97 Å². The van der Waals surface area contributed by atoms with Crippen LogP contribution in [0, 0.1) is 0 Å². The summed E-state index contributed by atoms with van der Waals surface area (Å²) in [6.45, 7) is 0. The van der Waals surface area contributed by atoms with Gasteiger partial charge in [-0.2, -0.15) is 0 Å². The molecule has 0 bridgehead atoms. The zero-order chi connectivity index (χ0) is 15.2. The molecule has 2 N–H and O–H groups in total. The molecule has 1 atom stereocenters. The van der Waals surface area contributed by atoms with Crippen LogP contribution in [0.25, 0.3) is 0 Å². The van der Waals surface area contributed by atoms with E-state index < -0.39 is 12.0 Å². The number of carboxylic acid groups (broad SMARTS) is 1. The average Bonchev–Trinajstić information content (AvgIpc) is 2.90. The second-order valence-corrected chi connectivity index (χ2v) is 4.89. The molecule has 0 aliphatic heterocycles. The molecule has 2 aromatic rings. The molecule has 2 rings (SSSR count). The van der Waals surface area contributed by atoms with Crippen molar-refractivity contribution >= 4 is 11.9 Å². The Morgan fingerprint density at radius 3 is 2.48 bits per heavy atom. The Kier molecular flexibility index (Phi) is 4.77. The molecule has 0 saturated heterocycles. The van der Waals surface area contributed by atoms with Crippen molar-refractivity contribution in [3.05, 3.63) is 59.9 Å². The van der Waals surface area contributed by atoms with Gasteiger partial charge in [0, 0.05) is 13.2 Å².